The van der Waals surface area contributed by atoms with Crippen molar-refractivity contribution in [2.24, 2.45) is 0 Å². The number of carbonyl (C=O) groups excluding carboxylic acids is 2. The molecule has 0 radical (unpaired) electrons. The van der Waals surface area contributed by atoms with Gasteiger partial charge in [-0.3, -0.25) is 4.79 Å². The lowest BCUT2D eigenvalue weighted by molar-refractivity contribution is -0.123. The third kappa shape index (κ3) is 5.52. The fourth-order valence-electron chi connectivity index (χ4n) is 1.97. The molecule has 1 amide bonds. The summed E-state index contributed by atoms with van der Waals surface area (Å²) in [5.74, 6) is -4.49. The van der Waals surface area contributed by atoms with E-state index in [2.05, 4.69) is 5.32 Å². The van der Waals surface area contributed by atoms with Crippen LogP contribution in [-0.4, -0.2) is 23.7 Å². The van der Waals surface area contributed by atoms with Crippen LogP contribution in [0.25, 0.3) is 0 Å². The Bertz CT molecular complexity index is 797. The average Bonchev–Trinajstić information content (AvgIpc) is 2.58. The summed E-state index contributed by atoms with van der Waals surface area (Å²) in [5.41, 5.74) is 0.764. The SMILES string of the molecule is Cc1ccc(C(=O)O[C@H](C)C(=O)Nc2ccc(SC(F)F)cc2)cc1F. The summed E-state index contributed by atoms with van der Waals surface area (Å²) < 4.78 is 43.1. The van der Waals surface area contributed by atoms with E-state index in [1.807, 2.05) is 0 Å². The molecule has 0 aliphatic heterocycles. The predicted octanol–water partition coefficient (Wildman–Crippen LogP) is 4.63. The molecule has 0 saturated heterocycles. The molecular formula is C18H16F3NO3S. The first-order valence-electron chi connectivity index (χ1n) is 7.59. The molecule has 26 heavy (non-hydrogen) atoms. The van der Waals surface area contributed by atoms with Gasteiger partial charge in [0.1, 0.15) is 5.82 Å². The van der Waals surface area contributed by atoms with Crippen LogP contribution in [0.4, 0.5) is 18.9 Å². The molecule has 0 spiro atoms. The summed E-state index contributed by atoms with van der Waals surface area (Å²) in [7, 11) is 0. The van der Waals surface area contributed by atoms with Gasteiger partial charge >= 0.3 is 5.97 Å². The maximum atomic E-state index is 13.5. The molecular weight excluding hydrogens is 367 g/mol. The van der Waals surface area contributed by atoms with Gasteiger partial charge in [-0.1, -0.05) is 17.8 Å². The van der Waals surface area contributed by atoms with E-state index in [0.29, 0.717) is 27.9 Å². The molecule has 0 aliphatic rings. The van der Waals surface area contributed by atoms with E-state index in [1.54, 1.807) is 6.92 Å². The summed E-state index contributed by atoms with van der Waals surface area (Å²) in [4.78, 5) is 24.4. The second kappa shape index (κ2) is 8.75. The molecule has 1 N–H and O–H groups in total. The van der Waals surface area contributed by atoms with Crippen LogP contribution in [0.15, 0.2) is 47.4 Å². The van der Waals surface area contributed by atoms with E-state index in [9.17, 15) is 22.8 Å². The van der Waals surface area contributed by atoms with Crippen LogP contribution < -0.4 is 5.32 Å². The van der Waals surface area contributed by atoms with Crippen molar-refractivity contribution in [3.8, 4) is 0 Å². The van der Waals surface area contributed by atoms with E-state index in [4.69, 9.17) is 4.74 Å². The van der Waals surface area contributed by atoms with Crippen LogP contribution in [-0.2, 0) is 9.53 Å². The monoisotopic (exact) mass is 383 g/mol. The van der Waals surface area contributed by atoms with Crippen LogP contribution in [0.5, 0.6) is 0 Å². The molecule has 2 aromatic carbocycles. The van der Waals surface area contributed by atoms with E-state index < -0.39 is 29.6 Å². The quantitative estimate of drug-likeness (QED) is 0.584. The summed E-state index contributed by atoms with van der Waals surface area (Å²) in [6.45, 7) is 2.93. The van der Waals surface area contributed by atoms with Crippen LogP contribution in [0.2, 0.25) is 0 Å². The Morgan fingerprint density at radius 1 is 1.12 bits per heavy atom. The molecule has 0 fully saturated rings. The molecule has 0 heterocycles. The molecule has 0 saturated carbocycles. The van der Waals surface area contributed by atoms with Crippen molar-refractivity contribution in [1.29, 1.82) is 0 Å². The first kappa shape index (κ1) is 19.8. The zero-order valence-corrected chi connectivity index (χ0v) is 14.8. The van der Waals surface area contributed by atoms with Gasteiger partial charge in [0, 0.05) is 10.6 Å². The van der Waals surface area contributed by atoms with Crippen molar-refractivity contribution in [2.75, 3.05) is 5.32 Å². The second-order valence-corrected chi connectivity index (χ2v) is 6.47. The Morgan fingerprint density at radius 3 is 2.35 bits per heavy atom. The molecule has 2 rings (SSSR count). The van der Waals surface area contributed by atoms with E-state index in [0.717, 1.165) is 6.07 Å². The Kier molecular flexibility index (Phi) is 6.68. The summed E-state index contributed by atoms with van der Waals surface area (Å²) in [5, 5.41) is 2.51. The van der Waals surface area contributed by atoms with Crippen LogP contribution in [0, 0.1) is 12.7 Å². The van der Waals surface area contributed by atoms with Gasteiger partial charge in [-0.25, -0.2) is 9.18 Å². The topological polar surface area (TPSA) is 55.4 Å². The molecule has 0 aliphatic carbocycles. The standard InChI is InChI=1S/C18H16F3NO3S/c1-10-3-4-12(9-15(10)19)17(24)25-11(2)16(23)22-13-5-7-14(8-6-13)26-18(20)21/h3-9,11,18H,1-2H3,(H,22,23)/t11-/m1/s1. The highest BCUT2D eigenvalue weighted by molar-refractivity contribution is 7.99. The predicted molar refractivity (Wildman–Crippen MR) is 92.9 cm³/mol. The Labute approximate surface area is 152 Å². The van der Waals surface area contributed by atoms with E-state index in [1.165, 1.54) is 43.3 Å². The maximum absolute atomic E-state index is 13.5. The Balaban J connectivity index is 1.94. The number of hydrogen-bond donors (Lipinski definition) is 1. The van der Waals surface area contributed by atoms with Gasteiger partial charge < -0.3 is 10.1 Å². The number of thioether (sulfide) groups is 1. The first-order valence-corrected chi connectivity index (χ1v) is 8.47. The molecule has 8 heteroatoms. The third-order valence-corrected chi connectivity index (χ3v) is 4.13. The minimum absolute atomic E-state index is 0.00104. The minimum Gasteiger partial charge on any atom is -0.449 e. The minimum atomic E-state index is -2.53. The average molecular weight is 383 g/mol. The molecule has 2 aromatic rings. The molecule has 1 atom stereocenters. The number of esters is 1. The number of halogens is 3. The fourth-order valence-corrected chi connectivity index (χ4v) is 2.46. The fraction of sp³-hybridized carbons (Fsp3) is 0.222. The van der Waals surface area contributed by atoms with Crippen LogP contribution in [0.1, 0.15) is 22.8 Å². The highest BCUT2D eigenvalue weighted by Crippen LogP contribution is 2.26. The van der Waals surface area contributed by atoms with Gasteiger partial charge in [0.2, 0.25) is 0 Å². The summed E-state index contributed by atoms with van der Waals surface area (Å²) in [6, 6.07) is 9.71. The molecule has 138 valence electrons. The smallest absolute Gasteiger partial charge is 0.339 e. The van der Waals surface area contributed by atoms with E-state index in [-0.39, 0.29) is 5.56 Å². The zero-order chi connectivity index (χ0) is 19.3. The molecule has 0 bridgehead atoms. The highest BCUT2D eigenvalue weighted by atomic mass is 32.2. The number of hydrogen-bond acceptors (Lipinski definition) is 4. The van der Waals surface area contributed by atoms with Gasteiger partial charge in [-0.05, 0) is 55.8 Å². The molecule has 4 nitrogen and oxygen atoms in total. The molecule has 0 aromatic heterocycles. The van der Waals surface area contributed by atoms with Gasteiger partial charge in [0.05, 0.1) is 5.56 Å². The number of amides is 1. The van der Waals surface area contributed by atoms with Crippen molar-refractivity contribution in [1.82, 2.24) is 0 Å². The lowest BCUT2D eigenvalue weighted by Gasteiger charge is -2.14. The normalized spacial score (nSPS) is 11.9. The van der Waals surface area contributed by atoms with Crippen molar-refractivity contribution in [3.63, 3.8) is 0 Å². The summed E-state index contributed by atoms with van der Waals surface area (Å²) in [6.07, 6.45) is -1.12. The largest absolute Gasteiger partial charge is 0.449 e. The number of anilines is 1. The van der Waals surface area contributed by atoms with Crippen LogP contribution >= 0.6 is 11.8 Å². The zero-order valence-electron chi connectivity index (χ0n) is 14.0. The van der Waals surface area contributed by atoms with Gasteiger partial charge in [-0.15, -0.1) is 0 Å². The first-order chi connectivity index (χ1) is 12.3. The Hall–Kier alpha value is -2.48. The number of aryl methyl sites for hydroxylation is 1. The lowest BCUT2D eigenvalue weighted by atomic mass is 10.1. The van der Waals surface area contributed by atoms with Crippen molar-refractivity contribution in [2.45, 2.75) is 30.6 Å². The van der Waals surface area contributed by atoms with Gasteiger partial charge in [0.15, 0.2) is 6.10 Å². The number of nitrogens with one attached hydrogen (secondary N) is 1. The number of carbonyl (C=O) groups is 2. The maximum Gasteiger partial charge on any atom is 0.339 e. The number of rotatable bonds is 6. The van der Waals surface area contributed by atoms with Gasteiger partial charge in [-0.2, -0.15) is 8.78 Å². The number of alkyl halides is 2. The Morgan fingerprint density at radius 2 is 1.77 bits per heavy atom. The third-order valence-electron chi connectivity index (χ3n) is 3.41. The van der Waals surface area contributed by atoms with Crippen molar-refractivity contribution < 1.29 is 27.5 Å². The van der Waals surface area contributed by atoms with Crippen LogP contribution in [0.3, 0.4) is 0 Å². The highest BCUT2D eigenvalue weighted by Gasteiger charge is 2.19. The second-order valence-electron chi connectivity index (χ2n) is 5.40. The molecule has 0 unspecified atom stereocenters. The van der Waals surface area contributed by atoms with Crippen molar-refractivity contribution in [3.05, 3.63) is 59.4 Å². The summed E-state index contributed by atoms with van der Waals surface area (Å²) >= 11 is 0.394. The number of benzene rings is 2. The van der Waals surface area contributed by atoms with Crippen molar-refractivity contribution >= 4 is 29.3 Å². The van der Waals surface area contributed by atoms with Gasteiger partial charge in [0.25, 0.3) is 11.7 Å². The van der Waals surface area contributed by atoms with E-state index >= 15 is 0 Å². The number of ether oxygens (including phenoxy) is 1. The lowest BCUT2D eigenvalue weighted by Crippen LogP contribution is -2.30.